The van der Waals surface area contributed by atoms with Gasteiger partial charge in [0.15, 0.2) is 0 Å². The van der Waals surface area contributed by atoms with Crippen molar-refractivity contribution in [1.82, 2.24) is 9.55 Å². The number of imidazole rings is 1. The average Bonchev–Trinajstić information content (AvgIpc) is 2.79. The Morgan fingerprint density at radius 1 is 1.48 bits per heavy atom. The molecule has 0 saturated heterocycles. The highest BCUT2D eigenvalue weighted by atomic mass is 35.5. The van der Waals surface area contributed by atoms with E-state index in [-0.39, 0.29) is 5.91 Å². The number of hydrogen-bond donors (Lipinski definition) is 1. The molecule has 1 aliphatic rings. The lowest BCUT2D eigenvalue weighted by molar-refractivity contribution is -0.120. The predicted octanol–water partition coefficient (Wildman–Crippen LogP) is 3.45. The Morgan fingerprint density at radius 3 is 2.86 bits per heavy atom. The second-order valence-electron chi connectivity index (χ2n) is 5.60. The molecular weight excluding hydrogens is 309 g/mol. The molecule has 4 nitrogen and oxygen atoms in total. The first-order valence-electron chi connectivity index (χ1n) is 6.65. The molecule has 1 atom stereocenters. The van der Waals surface area contributed by atoms with E-state index < -0.39 is 9.75 Å². The zero-order valence-electron chi connectivity index (χ0n) is 11.5. The third-order valence-corrected chi connectivity index (χ3v) is 4.97. The van der Waals surface area contributed by atoms with E-state index in [1.165, 1.54) is 0 Å². The minimum Gasteiger partial charge on any atom is -0.333 e. The Kier molecular flexibility index (Phi) is 3.46. The fourth-order valence-electron chi connectivity index (χ4n) is 2.25. The van der Waals surface area contributed by atoms with Crippen LogP contribution in [0, 0.1) is 5.41 Å². The maximum absolute atomic E-state index is 12.2. The monoisotopic (exact) mass is 323 g/mol. The Balaban J connectivity index is 1.71. The number of carbonyl (C=O) groups is 1. The van der Waals surface area contributed by atoms with Crippen molar-refractivity contribution in [3.8, 4) is 0 Å². The molecule has 1 heterocycles. The van der Waals surface area contributed by atoms with Gasteiger partial charge in [-0.25, -0.2) is 4.98 Å². The van der Waals surface area contributed by atoms with E-state index in [0.717, 1.165) is 11.3 Å². The van der Waals surface area contributed by atoms with Crippen LogP contribution in [-0.2, 0) is 11.3 Å². The van der Waals surface area contributed by atoms with Gasteiger partial charge in [0.25, 0.3) is 0 Å². The predicted molar refractivity (Wildman–Crippen MR) is 83.6 cm³/mol. The van der Waals surface area contributed by atoms with Crippen molar-refractivity contribution in [3.05, 3.63) is 48.5 Å². The largest absolute Gasteiger partial charge is 0.333 e. The quantitative estimate of drug-likeness (QED) is 0.876. The molecule has 1 saturated carbocycles. The minimum absolute atomic E-state index is 0.146. The Bertz CT molecular complexity index is 669. The van der Waals surface area contributed by atoms with Crippen molar-refractivity contribution in [2.45, 2.75) is 24.2 Å². The topological polar surface area (TPSA) is 46.9 Å². The number of nitrogens with one attached hydrogen (secondary N) is 1. The van der Waals surface area contributed by atoms with Gasteiger partial charge in [0.2, 0.25) is 5.91 Å². The van der Waals surface area contributed by atoms with Crippen LogP contribution in [0.15, 0.2) is 43.0 Å². The molecule has 6 heteroatoms. The lowest BCUT2D eigenvalue weighted by Crippen LogP contribution is -2.25. The average molecular weight is 324 g/mol. The number of hydrogen-bond acceptors (Lipinski definition) is 2. The third-order valence-electron chi connectivity index (χ3n) is 3.87. The summed E-state index contributed by atoms with van der Waals surface area (Å²) in [5.41, 5.74) is 1.11. The number of benzene rings is 1. The minimum atomic E-state index is -0.953. The normalized spacial score (nSPS) is 22.8. The van der Waals surface area contributed by atoms with Crippen molar-refractivity contribution >= 4 is 34.8 Å². The Morgan fingerprint density at radius 2 is 2.24 bits per heavy atom. The molecule has 0 radical (unpaired) electrons. The van der Waals surface area contributed by atoms with Gasteiger partial charge in [0.1, 0.15) is 4.33 Å². The molecule has 1 aromatic heterocycles. The lowest BCUT2D eigenvalue weighted by Gasteiger charge is -2.13. The molecule has 110 valence electrons. The number of aromatic nitrogens is 2. The number of carbonyl (C=O) groups excluding carboxylic acids is 1. The summed E-state index contributed by atoms with van der Waals surface area (Å²) in [6.45, 7) is 2.48. The first-order chi connectivity index (χ1) is 9.91. The summed E-state index contributed by atoms with van der Waals surface area (Å²) in [5.74, 6) is -0.146. The Labute approximate surface area is 133 Å². The molecule has 1 aromatic carbocycles. The van der Waals surface area contributed by atoms with E-state index in [4.69, 9.17) is 23.2 Å². The summed E-state index contributed by atoms with van der Waals surface area (Å²) in [6.07, 6.45) is 5.86. The molecule has 1 aliphatic carbocycles. The van der Waals surface area contributed by atoms with Crippen molar-refractivity contribution in [3.63, 3.8) is 0 Å². The van der Waals surface area contributed by atoms with Crippen molar-refractivity contribution in [2.75, 3.05) is 5.32 Å². The van der Waals surface area contributed by atoms with E-state index in [1.807, 2.05) is 35.0 Å². The number of nitrogens with zero attached hydrogens (tertiary/aromatic N) is 2. The summed E-state index contributed by atoms with van der Waals surface area (Å²) in [6, 6.07) is 7.70. The fraction of sp³-hybridized carbons (Fsp3) is 0.333. The maximum atomic E-state index is 12.2. The van der Waals surface area contributed by atoms with E-state index in [0.29, 0.717) is 13.0 Å². The standard InChI is InChI=1S/C15H15Cl2N3O/c1-14(9-15(14,16)17)13(21)19-12-4-2-3-11(7-12)8-20-6-5-18-10-20/h2-7,10H,8-9H2,1H3,(H,19,21)/t14-/m1/s1. The smallest absolute Gasteiger partial charge is 0.233 e. The van der Waals surface area contributed by atoms with Gasteiger partial charge < -0.3 is 9.88 Å². The highest BCUT2D eigenvalue weighted by Gasteiger charge is 2.67. The van der Waals surface area contributed by atoms with Gasteiger partial charge in [-0.1, -0.05) is 12.1 Å². The molecule has 0 unspecified atom stereocenters. The van der Waals surface area contributed by atoms with Crippen LogP contribution in [0.1, 0.15) is 18.9 Å². The molecule has 0 bridgehead atoms. The van der Waals surface area contributed by atoms with Crippen molar-refractivity contribution in [1.29, 1.82) is 0 Å². The Hall–Kier alpha value is -1.52. The SMILES string of the molecule is C[C@]1(C(=O)Nc2cccc(Cn3ccnc3)c2)CC1(Cl)Cl. The van der Waals surface area contributed by atoms with Crippen LogP contribution < -0.4 is 5.32 Å². The van der Waals surface area contributed by atoms with Crippen LogP contribution in [0.4, 0.5) is 5.69 Å². The van der Waals surface area contributed by atoms with Gasteiger partial charge in [-0.2, -0.15) is 0 Å². The molecule has 1 fully saturated rings. The summed E-state index contributed by atoms with van der Waals surface area (Å²) < 4.78 is 1.01. The zero-order chi connectivity index (χ0) is 15.1. The van der Waals surface area contributed by atoms with E-state index in [2.05, 4.69) is 10.3 Å². The highest BCUT2D eigenvalue weighted by Crippen LogP contribution is 2.64. The van der Waals surface area contributed by atoms with Gasteiger partial charge >= 0.3 is 0 Å². The first kappa shape index (κ1) is 14.4. The van der Waals surface area contributed by atoms with Crippen LogP contribution in [0.25, 0.3) is 0 Å². The second-order valence-corrected chi connectivity index (χ2v) is 7.09. The number of anilines is 1. The third kappa shape index (κ3) is 2.78. The molecule has 21 heavy (non-hydrogen) atoms. The van der Waals surface area contributed by atoms with Gasteiger partial charge in [0.05, 0.1) is 11.7 Å². The molecule has 1 amide bonds. The van der Waals surface area contributed by atoms with Crippen molar-refractivity contribution < 1.29 is 4.79 Å². The maximum Gasteiger partial charge on any atom is 0.233 e. The van der Waals surface area contributed by atoms with Gasteiger partial charge in [-0.05, 0) is 31.0 Å². The number of rotatable bonds is 4. The molecule has 0 spiro atoms. The van der Waals surface area contributed by atoms with E-state index >= 15 is 0 Å². The lowest BCUT2D eigenvalue weighted by atomic mass is 10.1. The highest BCUT2D eigenvalue weighted by molar-refractivity contribution is 6.53. The molecule has 3 rings (SSSR count). The van der Waals surface area contributed by atoms with Crippen LogP contribution in [0.3, 0.4) is 0 Å². The summed E-state index contributed by atoms with van der Waals surface area (Å²) in [7, 11) is 0. The number of halogens is 2. The molecule has 1 N–H and O–H groups in total. The summed E-state index contributed by atoms with van der Waals surface area (Å²) in [4.78, 5) is 16.3. The first-order valence-corrected chi connectivity index (χ1v) is 7.40. The number of amides is 1. The zero-order valence-corrected chi connectivity index (χ0v) is 13.0. The van der Waals surface area contributed by atoms with Crippen molar-refractivity contribution in [2.24, 2.45) is 5.41 Å². The van der Waals surface area contributed by atoms with Crippen LogP contribution in [0.5, 0.6) is 0 Å². The van der Waals surface area contributed by atoms with E-state index in [9.17, 15) is 4.79 Å². The summed E-state index contributed by atoms with van der Waals surface area (Å²) in [5, 5.41) is 2.89. The van der Waals surface area contributed by atoms with Crippen LogP contribution >= 0.6 is 23.2 Å². The van der Waals surface area contributed by atoms with Gasteiger partial charge in [-0.15, -0.1) is 23.2 Å². The second kappa shape index (κ2) is 5.04. The van der Waals surface area contributed by atoms with Crippen LogP contribution in [0.2, 0.25) is 0 Å². The molecule has 2 aromatic rings. The fourth-order valence-corrected chi connectivity index (χ4v) is 2.96. The van der Waals surface area contributed by atoms with Gasteiger partial charge in [0, 0.05) is 24.6 Å². The van der Waals surface area contributed by atoms with Gasteiger partial charge in [-0.3, -0.25) is 4.79 Å². The summed E-state index contributed by atoms with van der Waals surface area (Å²) >= 11 is 12.1. The molecule has 0 aliphatic heterocycles. The van der Waals surface area contributed by atoms with Crippen LogP contribution in [-0.4, -0.2) is 19.8 Å². The van der Waals surface area contributed by atoms with E-state index in [1.54, 1.807) is 19.4 Å². The molecular formula is C15H15Cl2N3O. The number of alkyl halides is 2.